The number of aromatic nitrogens is 1. The SMILES string of the molecule is Cc1cc(/C=N\N2C(=O)[C@@H]3C4c5ccccc5C(c5ccccc54)[C@@H]3C2=O)c(C)n1-c1cccc(Cl)c1Cl. The normalized spacial score (nSPS) is 23.2. The number of nitrogens with zero attached hydrogens (tertiary/aromatic N) is 3. The van der Waals surface area contributed by atoms with E-state index < -0.39 is 11.8 Å². The van der Waals surface area contributed by atoms with Crippen molar-refractivity contribution in [1.29, 1.82) is 0 Å². The molecule has 7 heteroatoms. The molecule has 2 atom stereocenters. The zero-order valence-electron chi connectivity index (χ0n) is 20.7. The zero-order chi connectivity index (χ0) is 26.3. The average Bonchev–Trinajstić information content (AvgIpc) is 3.35. The van der Waals surface area contributed by atoms with E-state index in [1.54, 1.807) is 12.3 Å². The van der Waals surface area contributed by atoms with E-state index in [2.05, 4.69) is 29.4 Å². The maximum atomic E-state index is 13.8. The molecule has 0 unspecified atom stereocenters. The summed E-state index contributed by atoms with van der Waals surface area (Å²) in [6.45, 7) is 3.92. The van der Waals surface area contributed by atoms with Crippen LogP contribution in [0.4, 0.5) is 0 Å². The van der Waals surface area contributed by atoms with E-state index in [1.807, 2.05) is 60.9 Å². The summed E-state index contributed by atoms with van der Waals surface area (Å²) < 4.78 is 2.00. The van der Waals surface area contributed by atoms with Gasteiger partial charge in [-0.05, 0) is 54.3 Å². The molecule has 2 amide bonds. The zero-order valence-corrected chi connectivity index (χ0v) is 22.2. The fourth-order valence-corrected chi connectivity index (χ4v) is 7.23. The van der Waals surface area contributed by atoms with Crippen LogP contribution in [0.3, 0.4) is 0 Å². The summed E-state index contributed by atoms with van der Waals surface area (Å²) in [5.74, 6) is -1.67. The highest BCUT2D eigenvalue weighted by Crippen LogP contribution is 2.61. The molecule has 2 bridgehead atoms. The minimum atomic E-state index is -0.452. The molecule has 5 nitrogen and oxygen atoms in total. The molecule has 3 aromatic carbocycles. The van der Waals surface area contributed by atoms with Gasteiger partial charge < -0.3 is 4.57 Å². The molecule has 0 radical (unpaired) electrons. The summed E-state index contributed by atoms with van der Waals surface area (Å²) in [5, 5.41) is 6.52. The molecule has 1 aromatic heterocycles. The molecular formula is C31H23Cl2N3O2. The number of imide groups is 1. The van der Waals surface area contributed by atoms with Crippen LogP contribution in [0.1, 0.15) is 51.0 Å². The Kier molecular flexibility index (Phi) is 5.19. The fourth-order valence-electron chi connectivity index (χ4n) is 6.85. The van der Waals surface area contributed by atoms with Crippen LogP contribution in [-0.2, 0) is 9.59 Å². The van der Waals surface area contributed by atoms with E-state index in [0.29, 0.717) is 10.0 Å². The van der Waals surface area contributed by atoms with Crippen LogP contribution >= 0.6 is 23.2 Å². The second kappa shape index (κ2) is 8.42. The lowest BCUT2D eigenvalue weighted by atomic mass is 9.55. The highest BCUT2D eigenvalue weighted by molar-refractivity contribution is 6.43. The minimum absolute atomic E-state index is 0.149. The maximum absolute atomic E-state index is 13.8. The molecule has 1 aliphatic heterocycles. The lowest BCUT2D eigenvalue weighted by Crippen LogP contribution is -2.41. The van der Waals surface area contributed by atoms with Gasteiger partial charge in [0.15, 0.2) is 0 Å². The van der Waals surface area contributed by atoms with Crippen LogP contribution < -0.4 is 0 Å². The highest BCUT2D eigenvalue weighted by Gasteiger charge is 2.61. The van der Waals surface area contributed by atoms with Crippen molar-refractivity contribution in [3.05, 3.63) is 122 Å². The first-order valence-electron chi connectivity index (χ1n) is 12.6. The third-order valence-electron chi connectivity index (χ3n) is 8.38. The second-order valence-electron chi connectivity index (χ2n) is 10.2. The Morgan fingerprint density at radius 2 is 1.29 bits per heavy atom. The van der Waals surface area contributed by atoms with E-state index in [-0.39, 0.29) is 23.7 Å². The summed E-state index contributed by atoms with van der Waals surface area (Å²) in [4.78, 5) is 27.6. The van der Waals surface area contributed by atoms with Gasteiger partial charge in [-0.25, -0.2) is 0 Å². The molecule has 3 aliphatic carbocycles. The summed E-state index contributed by atoms with van der Waals surface area (Å²) >= 11 is 12.8. The molecule has 1 fully saturated rings. The van der Waals surface area contributed by atoms with E-state index >= 15 is 0 Å². The van der Waals surface area contributed by atoms with Crippen LogP contribution in [0.5, 0.6) is 0 Å². The minimum Gasteiger partial charge on any atom is -0.316 e. The molecule has 2 heterocycles. The van der Waals surface area contributed by atoms with Gasteiger partial charge in [0.2, 0.25) is 0 Å². The first kappa shape index (κ1) is 23.4. The highest BCUT2D eigenvalue weighted by atomic mass is 35.5. The number of hydrogen-bond acceptors (Lipinski definition) is 3. The Balaban J connectivity index is 1.27. The third-order valence-corrected chi connectivity index (χ3v) is 9.19. The lowest BCUT2D eigenvalue weighted by Gasteiger charge is -2.45. The van der Waals surface area contributed by atoms with E-state index in [0.717, 1.165) is 49.9 Å². The standard InChI is InChI=1S/C31H23Cl2N3O2/c1-16-14-18(17(2)35(16)24-13-7-12-23(32)29(24)33)15-34-36-30(37)27-25-19-8-3-4-9-20(19)26(28(27)31(36)38)22-11-6-5-10-21(22)25/h3-15,25-28H,1-2H3/b34-15-/t25?,26?,27-,28+. The maximum Gasteiger partial charge on any atom is 0.254 e. The molecule has 0 N–H and O–H groups in total. The Hall–Kier alpha value is -3.67. The van der Waals surface area contributed by atoms with Gasteiger partial charge >= 0.3 is 0 Å². The summed E-state index contributed by atoms with van der Waals surface area (Å²) in [6.07, 6.45) is 1.60. The fraction of sp³-hybridized carbons (Fsp3) is 0.194. The Labute approximate surface area is 230 Å². The van der Waals surface area contributed by atoms with Gasteiger partial charge in [-0.3, -0.25) is 9.59 Å². The van der Waals surface area contributed by atoms with Crippen LogP contribution in [0, 0.1) is 25.7 Å². The molecule has 0 spiro atoms. The second-order valence-corrected chi connectivity index (χ2v) is 11.0. The molecule has 0 saturated carbocycles. The van der Waals surface area contributed by atoms with E-state index in [1.165, 1.54) is 0 Å². The van der Waals surface area contributed by atoms with Crippen molar-refractivity contribution in [2.24, 2.45) is 16.9 Å². The van der Waals surface area contributed by atoms with Crippen molar-refractivity contribution in [3.8, 4) is 5.69 Å². The van der Waals surface area contributed by atoms with Crippen molar-refractivity contribution in [2.45, 2.75) is 25.7 Å². The number of carbonyl (C=O) groups is 2. The molecule has 4 aromatic rings. The first-order chi connectivity index (χ1) is 18.4. The monoisotopic (exact) mass is 539 g/mol. The van der Waals surface area contributed by atoms with Gasteiger partial charge in [0.05, 0.1) is 33.8 Å². The average molecular weight is 540 g/mol. The van der Waals surface area contributed by atoms with Crippen molar-refractivity contribution in [2.75, 3.05) is 0 Å². The molecule has 8 rings (SSSR count). The number of benzene rings is 3. The number of halogens is 2. The van der Waals surface area contributed by atoms with Gasteiger partial charge in [-0.1, -0.05) is 77.8 Å². The Morgan fingerprint density at radius 3 is 1.82 bits per heavy atom. The first-order valence-corrected chi connectivity index (χ1v) is 13.4. The number of hydrogen-bond donors (Lipinski definition) is 0. The van der Waals surface area contributed by atoms with Crippen molar-refractivity contribution in [1.82, 2.24) is 9.58 Å². The number of carbonyl (C=O) groups excluding carboxylic acids is 2. The van der Waals surface area contributed by atoms with Crippen molar-refractivity contribution >= 4 is 41.2 Å². The molecular weight excluding hydrogens is 517 g/mol. The van der Waals surface area contributed by atoms with Crippen LogP contribution in [0.2, 0.25) is 10.0 Å². The lowest BCUT2D eigenvalue weighted by molar-refractivity contribution is -0.139. The topological polar surface area (TPSA) is 54.7 Å². The summed E-state index contributed by atoms with van der Waals surface area (Å²) in [6, 6.07) is 23.9. The molecule has 1 saturated heterocycles. The quantitative estimate of drug-likeness (QED) is 0.217. The molecule has 188 valence electrons. The molecule has 38 heavy (non-hydrogen) atoms. The predicted molar refractivity (Wildman–Crippen MR) is 148 cm³/mol. The van der Waals surface area contributed by atoms with Gasteiger partial charge in [-0.15, -0.1) is 0 Å². The van der Waals surface area contributed by atoms with Gasteiger partial charge in [0, 0.05) is 28.8 Å². The number of rotatable bonds is 3. The number of hydrazone groups is 1. The van der Waals surface area contributed by atoms with Crippen LogP contribution in [0.15, 0.2) is 77.9 Å². The largest absolute Gasteiger partial charge is 0.316 e. The Bertz CT molecular complexity index is 1590. The van der Waals surface area contributed by atoms with E-state index in [4.69, 9.17) is 23.2 Å². The van der Waals surface area contributed by atoms with Gasteiger partial charge in [-0.2, -0.15) is 10.1 Å². The number of amides is 2. The van der Waals surface area contributed by atoms with E-state index in [9.17, 15) is 9.59 Å². The third kappa shape index (κ3) is 3.09. The predicted octanol–water partition coefficient (Wildman–Crippen LogP) is 6.63. The van der Waals surface area contributed by atoms with Crippen molar-refractivity contribution < 1.29 is 9.59 Å². The summed E-state index contributed by atoms with van der Waals surface area (Å²) in [7, 11) is 0. The Morgan fingerprint density at radius 1 is 0.763 bits per heavy atom. The van der Waals surface area contributed by atoms with Gasteiger partial charge in [0.1, 0.15) is 0 Å². The summed E-state index contributed by atoms with van der Waals surface area (Å²) in [5.41, 5.74) is 7.95. The van der Waals surface area contributed by atoms with Crippen LogP contribution in [-0.4, -0.2) is 27.6 Å². The van der Waals surface area contributed by atoms with Gasteiger partial charge in [0.25, 0.3) is 11.8 Å². The molecule has 4 aliphatic rings. The van der Waals surface area contributed by atoms with Crippen LogP contribution in [0.25, 0.3) is 5.69 Å². The van der Waals surface area contributed by atoms with Crippen molar-refractivity contribution in [3.63, 3.8) is 0 Å². The number of aryl methyl sites for hydroxylation is 1. The smallest absolute Gasteiger partial charge is 0.254 e.